The van der Waals surface area contributed by atoms with Gasteiger partial charge in [-0.1, -0.05) is 34.1 Å². The standard InChI is InChI=1S/C26H28BrN3O2/c27-21-7-10-24-19(15-21)11-13-29(24)14-12-25(31)28-22-8-5-18(6-9-22)16-30-17-20-3-1-2-4-23(20)26(30)32/h1-4,7,10-11,13,15,18,22H,5-6,8-9,12,14,16-17H2,(H,28,31). The number of nitrogens with one attached hydrogen (secondary N) is 1. The van der Waals surface area contributed by atoms with Crippen LogP contribution < -0.4 is 5.32 Å². The zero-order chi connectivity index (χ0) is 22.1. The summed E-state index contributed by atoms with van der Waals surface area (Å²) in [6, 6.07) is 16.5. The zero-order valence-electron chi connectivity index (χ0n) is 18.1. The van der Waals surface area contributed by atoms with E-state index in [1.54, 1.807) is 0 Å². The fraction of sp³-hybridized carbons (Fsp3) is 0.385. The number of hydrogen-bond acceptors (Lipinski definition) is 2. The molecule has 1 fully saturated rings. The second-order valence-electron chi connectivity index (χ2n) is 9.09. The van der Waals surface area contributed by atoms with Crippen molar-refractivity contribution in [2.75, 3.05) is 6.54 Å². The molecule has 5 nitrogen and oxygen atoms in total. The first-order chi connectivity index (χ1) is 15.6. The first kappa shape index (κ1) is 21.3. The Balaban J connectivity index is 1.07. The number of hydrogen-bond donors (Lipinski definition) is 1. The molecule has 1 saturated carbocycles. The van der Waals surface area contributed by atoms with E-state index in [1.807, 2.05) is 35.4 Å². The highest BCUT2D eigenvalue weighted by atomic mass is 79.9. The van der Waals surface area contributed by atoms with Gasteiger partial charge in [-0.15, -0.1) is 0 Å². The minimum Gasteiger partial charge on any atom is -0.353 e. The fourth-order valence-corrected chi connectivity index (χ4v) is 5.53. The number of amides is 2. The summed E-state index contributed by atoms with van der Waals surface area (Å²) >= 11 is 3.50. The van der Waals surface area contributed by atoms with Crippen LogP contribution in [0.15, 0.2) is 59.2 Å². The molecule has 6 heteroatoms. The van der Waals surface area contributed by atoms with Crippen molar-refractivity contribution in [3.63, 3.8) is 0 Å². The van der Waals surface area contributed by atoms with Gasteiger partial charge in [0.2, 0.25) is 5.91 Å². The molecule has 0 saturated heterocycles. The minimum absolute atomic E-state index is 0.123. The van der Waals surface area contributed by atoms with Crippen LogP contribution >= 0.6 is 15.9 Å². The molecule has 2 aromatic carbocycles. The van der Waals surface area contributed by atoms with Crippen LogP contribution in [0.5, 0.6) is 0 Å². The van der Waals surface area contributed by atoms with Crippen LogP contribution in [-0.4, -0.2) is 33.9 Å². The molecule has 166 valence electrons. The largest absolute Gasteiger partial charge is 0.353 e. The van der Waals surface area contributed by atoms with Gasteiger partial charge in [-0.25, -0.2) is 0 Å². The summed E-state index contributed by atoms with van der Waals surface area (Å²) in [6.45, 7) is 2.24. The van der Waals surface area contributed by atoms with E-state index in [2.05, 4.69) is 50.1 Å². The lowest BCUT2D eigenvalue weighted by Crippen LogP contribution is -2.40. The SMILES string of the molecule is O=C(CCn1ccc2cc(Br)ccc21)NC1CCC(CN2Cc3ccccc3C2=O)CC1. The third-order valence-electron chi connectivity index (χ3n) is 6.90. The molecule has 5 rings (SSSR count). The summed E-state index contributed by atoms with van der Waals surface area (Å²) in [5, 5.41) is 4.41. The number of aromatic nitrogens is 1. The predicted octanol–water partition coefficient (Wildman–Crippen LogP) is 5.12. The van der Waals surface area contributed by atoms with Crippen LogP contribution in [0.25, 0.3) is 10.9 Å². The third kappa shape index (κ3) is 4.46. The molecule has 2 heterocycles. The second kappa shape index (κ2) is 9.10. The molecule has 0 spiro atoms. The number of carbonyl (C=O) groups excluding carboxylic acids is 2. The fourth-order valence-electron chi connectivity index (χ4n) is 5.15. The van der Waals surface area contributed by atoms with E-state index in [0.29, 0.717) is 18.9 Å². The lowest BCUT2D eigenvalue weighted by Gasteiger charge is -2.31. The predicted molar refractivity (Wildman–Crippen MR) is 129 cm³/mol. The second-order valence-corrected chi connectivity index (χ2v) is 10.0. The number of rotatable bonds is 6. The summed E-state index contributed by atoms with van der Waals surface area (Å²) in [4.78, 5) is 27.1. The highest BCUT2D eigenvalue weighted by Crippen LogP contribution is 2.29. The van der Waals surface area contributed by atoms with E-state index in [4.69, 9.17) is 0 Å². The molecule has 1 N–H and O–H groups in total. The van der Waals surface area contributed by atoms with E-state index in [-0.39, 0.29) is 17.9 Å². The average molecular weight is 494 g/mol. The average Bonchev–Trinajstić information content (AvgIpc) is 3.34. The van der Waals surface area contributed by atoms with Crippen molar-refractivity contribution in [2.45, 2.75) is 51.2 Å². The van der Waals surface area contributed by atoms with Gasteiger partial charge in [-0.2, -0.15) is 0 Å². The lowest BCUT2D eigenvalue weighted by atomic mass is 9.85. The van der Waals surface area contributed by atoms with Crippen LogP contribution in [0.4, 0.5) is 0 Å². The van der Waals surface area contributed by atoms with Crippen molar-refractivity contribution >= 4 is 38.6 Å². The molecule has 1 aliphatic heterocycles. The van der Waals surface area contributed by atoms with E-state index < -0.39 is 0 Å². The van der Waals surface area contributed by atoms with Gasteiger partial charge in [0.05, 0.1) is 0 Å². The highest BCUT2D eigenvalue weighted by molar-refractivity contribution is 9.10. The van der Waals surface area contributed by atoms with Gasteiger partial charge in [0.15, 0.2) is 0 Å². The van der Waals surface area contributed by atoms with Crippen LogP contribution in [0.1, 0.15) is 48.0 Å². The molecule has 2 amide bonds. The summed E-state index contributed by atoms with van der Waals surface area (Å²) in [5.41, 5.74) is 3.15. The smallest absolute Gasteiger partial charge is 0.254 e. The Labute approximate surface area is 196 Å². The molecule has 32 heavy (non-hydrogen) atoms. The first-order valence-electron chi connectivity index (χ1n) is 11.5. The van der Waals surface area contributed by atoms with Crippen molar-refractivity contribution in [2.24, 2.45) is 5.92 Å². The minimum atomic E-state index is 0.123. The molecule has 0 unspecified atom stereocenters. The number of aryl methyl sites for hydroxylation is 1. The Morgan fingerprint density at radius 2 is 1.88 bits per heavy atom. The first-order valence-corrected chi connectivity index (χ1v) is 12.3. The van der Waals surface area contributed by atoms with Crippen molar-refractivity contribution < 1.29 is 9.59 Å². The molecule has 0 bridgehead atoms. The summed E-state index contributed by atoms with van der Waals surface area (Å²) in [5.74, 6) is 0.811. The van der Waals surface area contributed by atoms with E-state index in [9.17, 15) is 9.59 Å². The monoisotopic (exact) mass is 493 g/mol. The normalized spacial score (nSPS) is 20.5. The van der Waals surface area contributed by atoms with Gasteiger partial charge in [0.1, 0.15) is 0 Å². The number of carbonyl (C=O) groups is 2. The van der Waals surface area contributed by atoms with Crippen LogP contribution in [-0.2, 0) is 17.9 Å². The maximum Gasteiger partial charge on any atom is 0.254 e. The molecule has 0 atom stereocenters. The molecular weight excluding hydrogens is 466 g/mol. The van der Waals surface area contributed by atoms with Crippen LogP contribution in [0.3, 0.4) is 0 Å². The maximum atomic E-state index is 12.6. The Bertz CT molecular complexity index is 1150. The molecule has 2 aliphatic rings. The number of fused-ring (bicyclic) bond motifs is 2. The van der Waals surface area contributed by atoms with Crippen molar-refractivity contribution in [3.05, 3.63) is 70.3 Å². The Kier molecular flexibility index (Phi) is 6.05. The highest BCUT2D eigenvalue weighted by Gasteiger charge is 2.30. The lowest BCUT2D eigenvalue weighted by molar-refractivity contribution is -0.122. The summed E-state index contributed by atoms with van der Waals surface area (Å²) < 4.78 is 3.21. The van der Waals surface area contributed by atoms with Gasteiger partial charge >= 0.3 is 0 Å². The number of benzene rings is 2. The van der Waals surface area contributed by atoms with Gasteiger partial charge in [-0.3, -0.25) is 9.59 Å². The summed E-state index contributed by atoms with van der Waals surface area (Å²) in [6.07, 6.45) is 6.63. The molecule has 0 radical (unpaired) electrons. The molecular formula is C26H28BrN3O2. The van der Waals surface area contributed by atoms with E-state index in [1.165, 1.54) is 5.39 Å². The van der Waals surface area contributed by atoms with Crippen molar-refractivity contribution in [3.8, 4) is 0 Å². The van der Waals surface area contributed by atoms with Crippen molar-refractivity contribution in [1.29, 1.82) is 0 Å². The van der Waals surface area contributed by atoms with E-state index in [0.717, 1.165) is 59.9 Å². The van der Waals surface area contributed by atoms with Gasteiger partial charge in [0.25, 0.3) is 5.91 Å². The molecule has 1 aliphatic carbocycles. The number of nitrogens with zero attached hydrogens (tertiary/aromatic N) is 2. The van der Waals surface area contributed by atoms with Gasteiger partial charge in [0, 0.05) is 59.2 Å². The maximum absolute atomic E-state index is 12.6. The third-order valence-corrected chi connectivity index (χ3v) is 7.39. The van der Waals surface area contributed by atoms with E-state index >= 15 is 0 Å². The molecule has 1 aromatic heterocycles. The Morgan fingerprint density at radius 3 is 2.69 bits per heavy atom. The van der Waals surface area contributed by atoms with Gasteiger partial charge in [-0.05, 0) is 67.5 Å². The number of halogens is 1. The van der Waals surface area contributed by atoms with Crippen LogP contribution in [0.2, 0.25) is 0 Å². The van der Waals surface area contributed by atoms with Crippen LogP contribution in [0, 0.1) is 5.92 Å². The summed E-state index contributed by atoms with van der Waals surface area (Å²) in [7, 11) is 0. The topological polar surface area (TPSA) is 54.3 Å². The Hall–Kier alpha value is -2.60. The Morgan fingerprint density at radius 1 is 1.06 bits per heavy atom. The molecule has 3 aromatic rings. The van der Waals surface area contributed by atoms with Gasteiger partial charge < -0.3 is 14.8 Å². The zero-order valence-corrected chi connectivity index (χ0v) is 19.7. The quantitative estimate of drug-likeness (QED) is 0.517. The van der Waals surface area contributed by atoms with Crippen molar-refractivity contribution in [1.82, 2.24) is 14.8 Å².